The Bertz CT molecular complexity index is 1050. The van der Waals surface area contributed by atoms with Crippen molar-refractivity contribution in [3.05, 3.63) is 68.8 Å². The molecule has 0 radical (unpaired) electrons. The molecular weight excluding hydrogens is 444 g/mol. The van der Waals surface area contributed by atoms with E-state index < -0.39 is 15.8 Å². The summed E-state index contributed by atoms with van der Waals surface area (Å²) in [5.74, 6) is -0.720. The molecule has 2 aromatic rings. The van der Waals surface area contributed by atoms with E-state index in [9.17, 15) is 29.8 Å². The van der Waals surface area contributed by atoms with Crippen molar-refractivity contribution in [2.45, 2.75) is 0 Å². The zero-order valence-electron chi connectivity index (χ0n) is 19.0. The number of carbonyl (C=O) groups is 2. The number of nitro benzene ring substituents is 2. The third-order valence-corrected chi connectivity index (χ3v) is 5.74. The van der Waals surface area contributed by atoms with Crippen LogP contribution in [0.1, 0.15) is 0 Å². The predicted molar refractivity (Wildman–Crippen MR) is 126 cm³/mol. The first kappa shape index (κ1) is 24.7. The zero-order chi connectivity index (χ0) is 24.8. The summed E-state index contributed by atoms with van der Waals surface area (Å²) in [5.41, 5.74) is 0.588. The van der Waals surface area contributed by atoms with Crippen molar-refractivity contribution in [3.63, 3.8) is 0 Å². The van der Waals surface area contributed by atoms with Crippen LogP contribution in [0.4, 0.5) is 22.7 Å². The first-order valence-corrected chi connectivity index (χ1v) is 10.6. The summed E-state index contributed by atoms with van der Waals surface area (Å²) in [6, 6.07) is 11.0. The lowest BCUT2D eigenvalue weighted by Gasteiger charge is -2.33. The maximum Gasteiger partial charge on any atom is 0.269 e. The van der Waals surface area contributed by atoms with Crippen molar-refractivity contribution in [1.29, 1.82) is 0 Å². The summed E-state index contributed by atoms with van der Waals surface area (Å²) in [5, 5.41) is 21.9. The number of benzene rings is 2. The summed E-state index contributed by atoms with van der Waals surface area (Å²) in [6.07, 6.45) is 0. The van der Waals surface area contributed by atoms with E-state index in [1.807, 2.05) is 11.9 Å². The molecule has 0 atom stereocenters. The average Bonchev–Trinajstić information content (AvgIpc) is 2.83. The molecule has 2 amide bonds. The maximum absolute atomic E-state index is 13.2. The van der Waals surface area contributed by atoms with Gasteiger partial charge in [-0.15, -0.1) is 0 Å². The summed E-state index contributed by atoms with van der Waals surface area (Å²) in [4.78, 5) is 53.9. The number of nitrogens with zero attached hydrogens (tertiary/aromatic N) is 6. The van der Waals surface area contributed by atoms with Gasteiger partial charge in [-0.05, 0) is 31.3 Å². The van der Waals surface area contributed by atoms with Crippen molar-refractivity contribution in [2.24, 2.45) is 0 Å². The van der Waals surface area contributed by atoms with Gasteiger partial charge in [-0.1, -0.05) is 0 Å². The fourth-order valence-electron chi connectivity index (χ4n) is 3.54. The second kappa shape index (κ2) is 10.8. The van der Waals surface area contributed by atoms with E-state index in [1.54, 1.807) is 0 Å². The Balaban J connectivity index is 1.79. The van der Waals surface area contributed by atoms with Crippen molar-refractivity contribution in [3.8, 4) is 0 Å². The van der Waals surface area contributed by atoms with Crippen molar-refractivity contribution in [1.82, 2.24) is 9.80 Å². The van der Waals surface area contributed by atoms with E-state index in [4.69, 9.17) is 0 Å². The van der Waals surface area contributed by atoms with Gasteiger partial charge in [-0.2, -0.15) is 0 Å². The third-order valence-electron chi connectivity index (χ3n) is 5.74. The molecular formula is C22H26N6O6. The van der Waals surface area contributed by atoms with Crippen LogP contribution < -0.4 is 9.80 Å². The van der Waals surface area contributed by atoms with Gasteiger partial charge in [0.2, 0.25) is 11.8 Å². The summed E-state index contributed by atoms with van der Waals surface area (Å²) >= 11 is 0. The lowest BCUT2D eigenvalue weighted by Crippen LogP contribution is -2.50. The van der Waals surface area contributed by atoms with Crippen LogP contribution in [0.5, 0.6) is 0 Å². The van der Waals surface area contributed by atoms with Crippen LogP contribution in [-0.4, -0.2) is 84.8 Å². The zero-order valence-corrected chi connectivity index (χ0v) is 19.0. The van der Waals surface area contributed by atoms with Gasteiger partial charge in [0.05, 0.1) is 16.4 Å². The van der Waals surface area contributed by atoms with Crippen molar-refractivity contribution >= 4 is 34.6 Å². The molecule has 1 aliphatic rings. The summed E-state index contributed by atoms with van der Waals surface area (Å²) in [7, 11) is 3.53. The van der Waals surface area contributed by atoms with Gasteiger partial charge in [0.1, 0.15) is 6.54 Å². The number of piperazine rings is 1. The number of non-ortho nitro benzene ring substituents is 2. The molecule has 3 rings (SSSR count). The number of carbonyl (C=O) groups excluding carboxylic acids is 2. The van der Waals surface area contributed by atoms with Gasteiger partial charge in [-0.3, -0.25) is 34.7 Å². The minimum absolute atomic E-state index is 0.0977. The quantitative estimate of drug-likeness (QED) is 0.421. The Labute approximate surface area is 196 Å². The molecule has 34 heavy (non-hydrogen) atoms. The third kappa shape index (κ3) is 6.11. The van der Waals surface area contributed by atoms with Crippen LogP contribution in [0.2, 0.25) is 0 Å². The van der Waals surface area contributed by atoms with E-state index in [1.165, 1.54) is 65.4 Å². The molecule has 2 aromatic carbocycles. The SMILES string of the molecule is CN1CCN(CC(=O)N(CC(=O)N(C)c2ccc([N+](=O)[O-])cc2)c2ccc([N+](=O)[O-])cc2)CC1. The molecule has 1 heterocycles. The molecule has 0 N–H and O–H groups in total. The van der Waals surface area contributed by atoms with Crippen LogP contribution in [0.3, 0.4) is 0 Å². The second-order valence-corrected chi connectivity index (χ2v) is 8.06. The number of nitro groups is 2. The van der Waals surface area contributed by atoms with E-state index in [2.05, 4.69) is 4.90 Å². The monoisotopic (exact) mass is 470 g/mol. The predicted octanol–water partition coefficient (Wildman–Crippen LogP) is 1.75. The number of amides is 2. The molecule has 1 aliphatic heterocycles. The van der Waals surface area contributed by atoms with Crippen LogP contribution >= 0.6 is 0 Å². The Hall–Kier alpha value is -3.90. The number of anilines is 2. The minimum Gasteiger partial charge on any atom is -0.314 e. The second-order valence-electron chi connectivity index (χ2n) is 8.06. The smallest absolute Gasteiger partial charge is 0.269 e. The first-order chi connectivity index (χ1) is 16.2. The van der Waals surface area contributed by atoms with Gasteiger partial charge < -0.3 is 14.7 Å². The lowest BCUT2D eigenvalue weighted by atomic mass is 10.2. The highest BCUT2D eigenvalue weighted by molar-refractivity contribution is 6.04. The highest BCUT2D eigenvalue weighted by Gasteiger charge is 2.25. The Morgan fingerprint density at radius 3 is 1.76 bits per heavy atom. The number of hydrogen-bond donors (Lipinski definition) is 0. The molecule has 0 bridgehead atoms. The molecule has 180 valence electrons. The van der Waals surface area contributed by atoms with Crippen LogP contribution in [0.15, 0.2) is 48.5 Å². The first-order valence-electron chi connectivity index (χ1n) is 10.6. The molecule has 12 nitrogen and oxygen atoms in total. The number of rotatable bonds is 8. The fourth-order valence-corrected chi connectivity index (χ4v) is 3.54. The van der Waals surface area contributed by atoms with Gasteiger partial charge in [0.15, 0.2) is 0 Å². The Morgan fingerprint density at radius 1 is 0.824 bits per heavy atom. The highest BCUT2D eigenvalue weighted by Crippen LogP contribution is 2.22. The largest absolute Gasteiger partial charge is 0.314 e. The average molecular weight is 470 g/mol. The maximum atomic E-state index is 13.2. The lowest BCUT2D eigenvalue weighted by molar-refractivity contribution is -0.385. The standard InChI is InChI=1S/C22H26N6O6/c1-23-11-13-25(14-12-23)15-22(30)26(18-5-9-20(10-6-18)28(33)34)16-21(29)24(2)17-3-7-19(8-4-17)27(31)32/h3-10H,11-16H2,1-2H3. The molecule has 0 aromatic heterocycles. The fraction of sp³-hybridized carbons (Fsp3) is 0.364. The Kier molecular flexibility index (Phi) is 7.87. The summed E-state index contributed by atoms with van der Waals surface area (Å²) in [6.45, 7) is 2.90. The minimum atomic E-state index is -0.534. The molecule has 1 saturated heterocycles. The van der Waals surface area contributed by atoms with Gasteiger partial charge in [0.25, 0.3) is 11.4 Å². The van der Waals surface area contributed by atoms with E-state index >= 15 is 0 Å². The van der Waals surface area contributed by atoms with Crippen molar-refractivity contribution in [2.75, 3.05) is 63.2 Å². The molecule has 0 aliphatic carbocycles. The van der Waals surface area contributed by atoms with Crippen LogP contribution in [-0.2, 0) is 9.59 Å². The normalized spacial score (nSPS) is 14.4. The van der Waals surface area contributed by atoms with E-state index in [0.717, 1.165) is 13.1 Å². The molecule has 0 saturated carbocycles. The van der Waals surface area contributed by atoms with Gasteiger partial charge >= 0.3 is 0 Å². The number of likely N-dealkylation sites (N-methyl/N-ethyl adjacent to an activating group) is 2. The van der Waals surface area contributed by atoms with Gasteiger partial charge in [-0.25, -0.2) is 0 Å². The van der Waals surface area contributed by atoms with Crippen LogP contribution in [0, 0.1) is 20.2 Å². The van der Waals surface area contributed by atoms with Crippen LogP contribution in [0.25, 0.3) is 0 Å². The molecule has 12 heteroatoms. The molecule has 0 spiro atoms. The van der Waals surface area contributed by atoms with Crippen molar-refractivity contribution < 1.29 is 19.4 Å². The Morgan fingerprint density at radius 2 is 1.29 bits per heavy atom. The molecule has 1 fully saturated rings. The molecule has 0 unspecified atom stereocenters. The van der Waals surface area contributed by atoms with Gasteiger partial charge in [0, 0.05) is 68.9 Å². The topological polar surface area (TPSA) is 133 Å². The van der Waals surface area contributed by atoms with E-state index in [-0.39, 0.29) is 30.4 Å². The van der Waals surface area contributed by atoms with E-state index in [0.29, 0.717) is 24.5 Å². The highest BCUT2D eigenvalue weighted by atomic mass is 16.6. The summed E-state index contributed by atoms with van der Waals surface area (Å²) < 4.78 is 0. The number of hydrogen-bond acceptors (Lipinski definition) is 8.